The number of rotatable bonds is 5. The largest absolute Gasteiger partial charge is 0.406 e. The number of hydrogen-bond acceptors (Lipinski definition) is 3. The van der Waals surface area contributed by atoms with E-state index in [1.807, 2.05) is 17.5 Å². The Balaban J connectivity index is 2.22. The number of thiophene rings is 1. The Morgan fingerprint density at radius 1 is 1.50 bits per heavy atom. The summed E-state index contributed by atoms with van der Waals surface area (Å²) in [7, 11) is 0. The van der Waals surface area contributed by atoms with Crippen molar-refractivity contribution in [3.63, 3.8) is 0 Å². The van der Waals surface area contributed by atoms with Gasteiger partial charge in [-0.2, -0.15) is 18.4 Å². The molecule has 88 valence electrons. The first kappa shape index (κ1) is 13.0. The highest BCUT2D eigenvalue weighted by Crippen LogP contribution is 2.25. The summed E-state index contributed by atoms with van der Waals surface area (Å²) >= 11 is 1.53. The fourth-order valence-electron chi connectivity index (χ4n) is 1.03. The van der Waals surface area contributed by atoms with Gasteiger partial charge < -0.3 is 4.74 Å². The lowest BCUT2D eigenvalue weighted by Crippen LogP contribution is -2.26. The second-order valence-corrected chi connectivity index (χ2v) is 4.16. The third-order valence-corrected chi connectivity index (χ3v) is 2.84. The molecule has 16 heavy (non-hydrogen) atoms. The van der Waals surface area contributed by atoms with Crippen molar-refractivity contribution in [1.29, 1.82) is 5.26 Å². The molecule has 1 atom stereocenters. The highest BCUT2D eigenvalue weighted by atomic mass is 32.1. The highest BCUT2D eigenvalue weighted by Gasteiger charge is 2.39. The topological polar surface area (TPSA) is 33.0 Å². The molecule has 0 aliphatic rings. The monoisotopic (exact) mass is 249 g/mol. The van der Waals surface area contributed by atoms with E-state index in [4.69, 9.17) is 10.00 Å². The molecule has 0 bridgehead atoms. The van der Waals surface area contributed by atoms with Gasteiger partial charge in [0.2, 0.25) is 0 Å². The van der Waals surface area contributed by atoms with Crippen LogP contribution in [0.25, 0.3) is 0 Å². The number of nitrogens with zero attached hydrogens (tertiary/aromatic N) is 1. The Bertz CT molecular complexity index is 342. The molecule has 6 heteroatoms. The molecule has 0 aromatic carbocycles. The number of nitriles is 1. The molecule has 0 saturated carbocycles. The summed E-state index contributed by atoms with van der Waals surface area (Å²) in [6, 6.07) is 4.95. The summed E-state index contributed by atoms with van der Waals surface area (Å²) in [5.74, 6) is -2.03. The SMILES string of the molecule is N#CC(COCCc1cccs1)C(F)(F)F. The predicted molar refractivity (Wildman–Crippen MR) is 54.0 cm³/mol. The van der Waals surface area contributed by atoms with E-state index in [0.717, 1.165) is 4.88 Å². The number of alkyl halides is 3. The van der Waals surface area contributed by atoms with Crippen LogP contribution < -0.4 is 0 Å². The van der Waals surface area contributed by atoms with Gasteiger partial charge in [0.1, 0.15) is 0 Å². The molecule has 1 rings (SSSR count). The maximum atomic E-state index is 12.1. The Morgan fingerprint density at radius 3 is 2.75 bits per heavy atom. The fourth-order valence-corrected chi connectivity index (χ4v) is 1.72. The Kier molecular flexibility index (Phi) is 4.77. The summed E-state index contributed by atoms with van der Waals surface area (Å²) < 4.78 is 41.2. The molecule has 0 fully saturated rings. The maximum Gasteiger partial charge on any atom is 0.406 e. The summed E-state index contributed by atoms with van der Waals surface area (Å²) in [5.41, 5.74) is 0. The molecule has 1 aromatic heterocycles. The van der Waals surface area contributed by atoms with E-state index in [1.165, 1.54) is 17.4 Å². The van der Waals surface area contributed by atoms with Gasteiger partial charge >= 0.3 is 6.18 Å². The maximum absolute atomic E-state index is 12.1. The van der Waals surface area contributed by atoms with Crippen molar-refractivity contribution in [2.75, 3.05) is 13.2 Å². The van der Waals surface area contributed by atoms with Gasteiger partial charge in [0.15, 0.2) is 5.92 Å². The third-order valence-electron chi connectivity index (χ3n) is 1.91. The minimum atomic E-state index is -4.50. The Labute approximate surface area is 95.3 Å². The molecule has 1 heterocycles. The average molecular weight is 249 g/mol. The van der Waals surface area contributed by atoms with E-state index < -0.39 is 18.7 Å². The summed E-state index contributed by atoms with van der Waals surface area (Å²) in [4.78, 5) is 1.06. The summed E-state index contributed by atoms with van der Waals surface area (Å²) in [5, 5.41) is 10.2. The molecule has 0 amide bonds. The molecule has 0 radical (unpaired) electrons. The van der Waals surface area contributed by atoms with Crippen LogP contribution >= 0.6 is 11.3 Å². The van der Waals surface area contributed by atoms with Crippen LogP contribution in [0, 0.1) is 17.2 Å². The average Bonchev–Trinajstić information content (AvgIpc) is 2.68. The van der Waals surface area contributed by atoms with Crippen molar-refractivity contribution < 1.29 is 17.9 Å². The molecule has 1 aromatic rings. The van der Waals surface area contributed by atoms with Crippen molar-refractivity contribution in [2.45, 2.75) is 12.6 Å². The van der Waals surface area contributed by atoms with Crippen LogP contribution in [0.4, 0.5) is 13.2 Å². The van der Waals surface area contributed by atoms with Crippen molar-refractivity contribution in [3.8, 4) is 6.07 Å². The highest BCUT2D eigenvalue weighted by molar-refractivity contribution is 7.09. The van der Waals surface area contributed by atoms with Crippen LogP contribution in [0.3, 0.4) is 0 Å². The van der Waals surface area contributed by atoms with Crippen LogP contribution in [0.1, 0.15) is 4.88 Å². The van der Waals surface area contributed by atoms with Gasteiger partial charge in [0.25, 0.3) is 0 Å². The van der Waals surface area contributed by atoms with Crippen LogP contribution in [0.5, 0.6) is 0 Å². The van der Waals surface area contributed by atoms with E-state index in [2.05, 4.69) is 0 Å². The molecular weight excluding hydrogens is 239 g/mol. The smallest absolute Gasteiger partial charge is 0.379 e. The Hall–Kier alpha value is -1.06. The molecule has 0 aliphatic carbocycles. The normalized spacial score (nSPS) is 13.4. The van der Waals surface area contributed by atoms with Crippen LogP contribution in [0.15, 0.2) is 17.5 Å². The van der Waals surface area contributed by atoms with E-state index >= 15 is 0 Å². The van der Waals surface area contributed by atoms with Crippen molar-refractivity contribution in [3.05, 3.63) is 22.4 Å². The van der Waals surface area contributed by atoms with E-state index in [9.17, 15) is 13.2 Å². The van der Waals surface area contributed by atoms with Gasteiger partial charge in [-0.1, -0.05) is 6.07 Å². The lowest BCUT2D eigenvalue weighted by molar-refractivity contribution is -0.171. The van der Waals surface area contributed by atoms with Crippen molar-refractivity contribution in [1.82, 2.24) is 0 Å². The number of hydrogen-bond donors (Lipinski definition) is 0. The molecule has 0 saturated heterocycles. The second kappa shape index (κ2) is 5.87. The molecule has 2 nitrogen and oxygen atoms in total. The second-order valence-electron chi connectivity index (χ2n) is 3.13. The van der Waals surface area contributed by atoms with Crippen LogP contribution in [0.2, 0.25) is 0 Å². The van der Waals surface area contributed by atoms with Gasteiger partial charge in [-0.25, -0.2) is 0 Å². The first-order chi connectivity index (χ1) is 7.54. The zero-order valence-corrected chi connectivity index (χ0v) is 9.14. The zero-order chi connectivity index (χ0) is 12.0. The van der Waals surface area contributed by atoms with Crippen molar-refractivity contribution >= 4 is 11.3 Å². The lowest BCUT2D eigenvalue weighted by atomic mass is 10.2. The Morgan fingerprint density at radius 2 is 2.25 bits per heavy atom. The quantitative estimate of drug-likeness (QED) is 0.751. The van der Waals surface area contributed by atoms with E-state index in [-0.39, 0.29) is 6.61 Å². The number of halogens is 3. The fraction of sp³-hybridized carbons (Fsp3) is 0.500. The third kappa shape index (κ3) is 4.21. The number of ether oxygens (including phenoxy) is 1. The first-order valence-corrected chi connectivity index (χ1v) is 5.48. The van der Waals surface area contributed by atoms with Gasteiger partial charge in [0.05, 0.1) is 19.3 Å². The van der Waals surface area contributed by atoms with Gasteiger partial charge in [0, 0.05) is 11.3 Å². The van der Waals surface area contributed by atoms with Gasteiger partial charge in [-0.15, -0.1) is 11.3 Å². The molecule has 0 aliphatic heterocycles. The van der Waals surface area contributed by atoms with Crippen LogP contribution in [-0.4, -0.2) is 19.4 Å². The molecule has 1 unspecified atom stereocenters. The zero-order valence-electron chi connectivity index (χ0n) is 8.33. The minimum absolute atomic E-state index is 0.203. The van der Waals surface area contributed by atoms with Crippen LogP contribution in [-0.2, 0) is 11.2 Å². The summed E-state index contributed by atoms with van der Waals surface area (Å²) in [6.07, 6.45) is -3.93. The molecule has 0 spiro atoms. The van der Waals surface area contributed by atoms with Gasteiger partial charge in [-0.3, -0.25) is 0 Å². The van der Waals surface area contributed by atoms with E-state index in [1.54, 1.807) is 0 Å². The predicted octanol–water partition coefficient (Wildman–Crippen LogP) is 3.01. The standard InChI is InChI=1S/C10H10F3NOS/c11-10(12,13)8(6-14)7-15-4-3-9-2-1-5-16-9/h1-2,5,8H,3-4,7H2. The lowest BCUT2D eigenvalue weighted by Gasteiger charge is -2.12. The first-order valence-electron chi connectivity index (χ1n) is 4.60. The minimum Gasteiger partial charge on any atom is -0.379 e. The summed E-state index contributed by atoms with van der Waals surface area (Å²) in [6.45, 7) is -0.389. The van der Waals surface area contributed by atoms with Gasteiger partial charge in [-0.05, 0) is 11.4 Å². The van der Waals surface area contributed by atoms with E-state index in [0.29, 0.717) is 6.42 Å². The van der Waals surface area contributed by atoms with Crippen molar-refractivity contribution in [2.24, 2.45) is 5.92 Å². The molecule has 0 N–H and O–H groups in total. The molecular formula is C10H10F3NOS.